The van der Waals surface area contributed by atoms with Crippen molar-refractivity contribution in [2.45, 2.75) is 36.5 Å². The highest BCUT2D eigenvalue weighted by atomic mass is 79.9. The lowest BCUT2D eigenvalue weighted by atomic mass is 10.2. The Labute approximate surface area is 172 Å². The van der Waals surface area contributed by atoms with Gasteiger partial charge in [0.1, 0.15) is 5.75 Å². The molecule has 0 aliphatic rings. The lowest BCUT2D eigenvalue weighted by Gasteiger charge is -2.14. The number of halogens is 6. The molecule has 0 saturated heterocycles. The fourth-order valence-electron chi connectivity index (χ4n) is 2.21. The third-order valence-corrected chi connectivity index (χ3v) is 7.60. The topological polar surface area (TPSA) is 18.5 Å². The highest BCUT2D eigenvalue weighted by Crippen LogP contribution is 2.54. The molecule has 11 heteroatoms. The van der Waals surface area contributed by atoms with E-state index >= 15 is 0 Å². The Morgan fingerprint density at radius 3 is 2.52 bits per heavy atom. The number of rotatable bonds is 9. The third-order valence-electron chi connectivity index (χ3n) is 3.40. The molecule has 152 valence electrons. The second-order valence-electron chi connectivity index (χ2n) is 5.42. The summed E-state index contributed by atoms with van der Waals surface area (Å²) in [6.07, 6.45) is -3.58. The fraction of sp³-hybridized carbons (Fsp3) is 0.500. The average Bonchev–Trinajstić information content (AvgIpc) is 2.94. The third kappa shape index (κ3) is 6.16. The molecule has 0 radical (unpaired) electrons. The standard InChI is InChI=1S/C16H17BrF5O2PS2/c1-3-24-25-16(21,22)14-12(17)10-7-9(26-2)8-11(13(10)27-14)23-6-4-5-15(18,19)20/h7-8,25H,3-6H2,1-2H3. The molecule has 0 aliphatic heterocycles. The van der Waals surface area contributed by atoms with Gasteiger partial charge in [0.05, 0.1) is 25.0 Å². The van der Waals surface area contributed by atoms with Crippen molar-refractivity contribution in [1.82, 2.24) is 0 Å². The summed E-state index contributed by atoms with van der Waals surface area (Å²) in [6.45, 7) is 1.68. The summed E-state index contributed by atoms with van der Waals surface area (Å²) < 4.78 is 77.0. The number of thioether (sulfide) groups is 1. The Kier molecular flexibility index (Phi) is 8.20. The number of thiophene rings is 1. The minimum atomic E-state index is -4.25. The first-order valence-electron chi connectivity index (χ1n) is 7.86. The van der Waals surface area contributed by atoms with Gasteiger partial charge in [0.15, 0.2) is 0 Å². The summed E-state index contributed by atoms with van der Waals surface area (Å²) >= 11 is 5.51. The van der Waals surface area contributed by atoms with Crippen LogP contribution in [0.5, 0.6) is 5.75 Å². The molecule has 0 fully saturated rings. The number of hydrogen-bond donors (Lipinski definition) is 0. The molecule has 0 spiro atoms. The van der Waals surface area contributed by atoms with Gasteiger partial charge in [-0.2, -0.15) is 22.0 Å². The van der Waals surface area contributed by atoms with Gasteiger partial charge in [-0.3, -0.25) is 0 Å². The van der Waals surface area contributed by atoms with Gasteiger partial charge in [0.25, 0.3) is 0 Å². The number of hydrogen-bond acceptors (Lipinski definition) is 4. The van der Waals surface area contributed by atoms with Crippen molar-refractivity contribution in [2.75, 3.05) is 19.5 Å². The molecule has 1 unspecified atom stereocenters. The molecule has 1 heterocycles. The first-order chi connectivity index (χ1) is 12.6. The van der Waals surface area contributed by atoms with Crippen LogP contribution >= 0.6 is 47.8 Å². The Morgan fingerprint density at radius 2 is 1.93 bits per heavy atom. The zero-order chi connectivity index (χ0) is 20.2. The van der Waals surface area contributed by atoms with E-state index < -0.39 is 27.1 Å². The van der Waals surface area contributed by atoms with Crippen LogP contribution in [0.3, 0.4) is 0 Å². The van der Waals surface area contributed by atoms with E-state index in [1.54, 1.807) is 19.1 Å². The Bertz CT molecular complexity index is 782. The van der Waals surface area contributed by atoms with Gasteiger partial charge in [0.2, 0.25) is 0 Å². The highest BCUT2D eigenvalue weighted by Gasteiger charge is 2.38. The van der Waals surface area contributed by atoms with Crippen molar-refractivity contribution in [3.63, 3.8) is 0 Å². The molecule has 0 bridgehead atoms. The van der Waals surface area contributed by atoms with E-state index in [4.69, 9.17) is 9.26 Å². The summed E-state index contributed by atoms with van der Waals surface area (Å²) in [4.78, 5) is 0.594. The van der Waals surface area contributed by atoms with Gasteiger partial charge >= 0.3 is 11.8 Å². The summed E-state index contributed by atoms with van der Waals surface area (Å²) in [5.41, 5.74) is -3.16. The van der Waals surface area contributed by atoms with E-state index in [2.05, 4.69) is 15.9 Å². The molecule has 0 N–H and O–H groups in total. The van der Waals surface area contributed by atoms with Crippen LogP contribution < -0.4 is 4.74 Å². The molecule has 0 amide bonds. The first-order valence-corrected chi connectivity index (χ1v) is 11.6. The summed E-state index contributed by atoms with van der Waals surface area (Å²) in [5.74, 6) is 0.312. The molecule has 0 aliphatic carbocycles. The van der Waals surface area contributed by atoms with Crippen molar-refractivity contribution in [3.8, 4) is 5.75 Å². The maximum atomic E-state index is 14.5. The van der Waals surface area contributed by atoms with Gasteiger partial charge in [-0.1, -0.05) is 0 Å². The predicted molar refractivity (Wildman–Crippen MR) is 106 cm³/mol. The number of fused-ring (bicyclic) bond motifs is 1. The van der Waals surface area contributed by atoms with Crippen LogP contribution in [-0.2, 0) is 10.2 Å². The largest absolute Gasteiger partial charge is 0.492 e. The van der Waals surface area contributed by atoms with Gasteiger partial charge < -0.3 is 9.26 Å². The van der Waals surface area contributed by atoms with E-state index in [9.17, 15) is 22.0 Å². The quantitative estimate of drug-likeness (QED) is 0.148. The van der Waals surface area contributed by atoms with Gasteiger partial charge in [0, 0.05) is 27.8 Å². The van der Waals surface area contributed by atoms with E-state index in [1.807, 2.05) is 6.26 Å². The number of ether oxygens (including phenoxy) is 1. The summed E-state index contributed by atoms with van der Waals surface area (Å²) in [7, 11) is -1.02. The maximum Gasteiger partial charge on any atom is 0.389 e. The second kappa shape index (κ2) is 9.57. The molecule has 27 heavy (non-hydrogen) atoms. The van der Waals surface area contributed by atoms with Gasteiger partial charge in [-0.25, -0.2) is 0 Å². The summed E-state index contributed by atoms with van der Waals surface area (Å²) in [5, 5.41) is 0.550. The molecule has 0 saturated carbocycles. The van der Waals surface area contributed by atoms with Crippen LogP contribution in [0.4, 0.5) is 22.0 Å². The number of alkyl halides is 5. The van der Waals surface area contributed by atoms with Gasteiger partial charge in [-0.15, -0.1) is 23.1 Å². The number of benzene rings is 1. The molecule has 1 aromatic heterocycles. The zero-order valence-corrected chi connectivity index (χ0v) is 18.6. The lowest BCUT2D eigenvalue weighted by molar-refractivity contribution is -0.136. The minimum Gasteiger partial charge on any atom is -0.492 e. The Hall–Kier alpha value is -0.150. The van der Waals surface area contributed by atoms with Gasteiger partial charge in [-0.05, 0) is 47.7 Å². The van der Waals surface area contributed by atoms with Crippen LogP contribution in [0.2, 0.25) is 0 Å². The average molecular weight is 511 g/mol. The van der Waals surface area contributed by atoms with Crippen molar-refractivity contribution in [2.24, 2.45) is 0 Å². The zero-order valence-electron chi connectivity index (χ0n) is 14.4. The SMILES string of the molecule is CCOPC(F)(F)c1sc2c(OCCCC(F)(F)F)cc(SC)cc2c1Br. The molecule has 1 atom stereocenters. The van der Waals surface area contributed by atoms with Crippen LogP contribution in [-0.4, -0.2) is 25.6 Å². The normalized spacial score (nSPS) is 13.2. The molecule has 2 rings (SSSR count). The van der Waals surface area contributed by atoms with E-state index in [1.165, 1.54) is 11.8 Å². The Balaban J connectivity index is 2.35. The van der Waals surface area contributed by atoms with Crippen LogP contribution in [0.15, 0.2) is 21.5 Å². The molecule has 2 nitrogen and oxygen atoms in total. The van der Waals surface area contributed by atoms with Crippen molar-refractivity contribution in [3.05, 3.63) is 21.5 Å². The molecule has 2 aromatic rings. The second-order valence-corrected chi connectivity index (χ2v) is 9.24. The van der Waals surface area contributed by atoms with Crippen molar-refractivity contribution in [1.29, 1.82) is 0 Å². The smallest absolute Gasteiger partial charge is 0.389 e. The van der Waals surface area contributed by atoms with Crippen LogP contribution in [0, 0.1) is 0 Å². The monoisotopic (exact) mass is 510 g/mol. The molecule has 1 aromatic carbocycles. The lowest BCUT2D eigenvalue weighted by Crippen LogP contribution is -2.09. The predicted octanol–water partition coefficient (Wildman–Crippen LogP) is 7.79. The van der Waals surface area contributed by atoms with Crippen molar-refractivity contribution < 1.29 is 31.2 Å². The summed E-state index contributed by atoms with van der Waals surface area (Å²) in [6, 6.07) is 3.42. The van der Waals surface area contributed by atoms with Crippen LogP contribution in [0.25, 0.3) is 10.1 Å². The van der Waals surface area contributed by atoms with E-state index in [-0.39, 0.29) is 29.0 Å². The van der Waals surface area contributed by atoms with E-state index in [0.29, 0.717) is 15.8 Å². The molecular weight excluding hydrogens is 494 g/mol. The van der Waals surface area contributed by atoms with E-state index in [0.717, 1.165) is 16.2 Å². The fourth-order valence-corrected chi connectivity index (χ4v) is 5.63. The minimum absolute atomic E-state index is 0.144. The van der Waals surface area contributed by atoms with Crippen LogP contribution in [0.1, 0.15) is 24.6 Å². The first kappa shape index (κ1) is 23.1. The molecular formula is C16H17BrF5O2PS2. The van der Waals surface area contributed by atoms with Crippen molar-refractivity contribution >= 4 is 57.9 Å². The highest BCUT2D eigenvalue weighted by molar-refractivity contribution is 9.10. The maximum absolute atomic E-state index is 14.5. The Morgan fingerprint density at radius 1 is 1.22 bits per heavy atom.